The van der Waals surface area contributed by atoms with E-state index >= 15 is 0 Å². The lowest BCUT2D eigenvalue weighted by Crippen LogP contribution is -2.09. The smallest absolute Gasteiger partial charge is 0.329 e. The van der Waals surface area contributed by atoms with E-state index < -0.39 is 7.60 Å². The van der Waals surface area contributed by atoms with Crippen molar-refractivity contribution in [3.63, 3.8) is 0 Å². The number of benzene rings is 1. The molecule has 0 aromatic heterocycles. The molecule has 5 nitrogen and oxygen atoms in total. The van der Waals surface area contributed by atoms with Gasteiger partial charge in [-0.1, -0.05) is 19.3 Å². The van der Waals surface area contributed by atoms with Crippen molar-refractivity contribution >= 4 is 7.60 Å². The molecule has 118 valence electrons. The van der Waals surface area contributed by atoms with Gasteiger partial charge in [-0.15, -0.1) is 0 Å². The van der Waals surface area contributed by atoms with Crippen molar-refractivity contribution in [1.29, 1.82) is 0 Å². The quantitative estimate of drug-likeness (QED) is 0.814. The number of rotatable bonds is 5. The van der Waals surface area contributed by atoms with E-state index in [1.165, 1.54) is 19.3 Å². The number of ether oxygens (including phenoxy) is 2. The number of hydrogen-bond donors (Lipinski definition) is 2. The van der Waals surface area contributed by atoms with Crippen LogP contribution in [0.4, 0.5) is 0 Å². The molecule has 0 bridgehead atoms. The van der Waals surface area contributed by atoms with Crippen LogP contribution in [0.15, 0.2) is 12.1 Å². The van der Waals surface area contributed by atoms with E-state index in [-0.39, 0.29) is 6.16 Å². The van der Waals surface area contributed by atoms with Crippen LogP contribution in [0.5, 0.6) is 11.5 Å². The molecule has 0 unspecified atom stereocenters. The minimum Gasteiger partial charge on any atom is -0.496 e. The topological polar surface area (TPSA) is 76.0 Å². The van der Waals surface area contributed by atoms with Crippen molar-refractivity contribution in [2.24, 2.45) is 0 Å². The van der Waals surface area contributed by atoms with Crippen LogP contribution in [0.2, 0.25) is 0 Å². The summed E-state index contributed by atoms with van der Waals surface area (Å²) in [5.41, 5.74) is 1.57. The Kier molecular flexibility index (Phi) is 5.31. The fourth-order valence-corrected chi connectivity index (χ4v) is 3.77. The average molecular weight is 314 g/mol. The fourth-order valence-electron chi connectivity index (χ4n) is 3.12. The monoisotopic (exact) mass is 314 g/mol. The molecule has 2 rings (SSSR count). The zero-order valence-corrected chi connectivity index (χ0v) is 13.4. The van der Waals surface area contributed by atoms with Crippen LogP contribution in [0.25, 0.3) is 0 Å². The molecule has 0 saturated heterocycles. The molecule has 0 heterocycles. The largest absolute Gasteiger partial charge is 0.496 e. The molecule has 1 saturated carbocycles. The Balaban J connectivity index is 2.41. The number of methoxy groups -OCH3 is 2. The van der Waals surface area contributed by atoms with Crippen LogP contribution in [0.1, 0.15) is 49.1 Å². The lowest BCUT2D eigenvalue weighted by molar-refractivity contribution is 0.358. The third-order valence-corrected chi connectivity index (χ3v) is 4.78. The first-order valence-electron chi connectivity index (χ1n) is 7.24. The molecule has 1 aromatic carbocycles. The maximum absolute atomic E-state index is 11.2. The van der Waals surface area contributed by atoms with Crippen LogP contribution in [-0.2, 0) is 10.7 Å². The van der Waals surface area contributed by atoms with Crippen molar-refractivity contribution in [2.75, 3.05) is 14.2 Å². The highest BCUT2D eigenvalue weighted by molar-refractivity contribution is 7.50. The Bertz CT molecular complexity index is 506. The van der Waals surface area contributed by atoms with Crippen LogP contribution in [0.3, 0.4) is 0 Å². The van der Waals surface area contributed by atoms with Crippen LogP contribution >= 0.6 is 7.60 Å². The Hall–Kier alpha value is -1.03. The summed E-state index contributed by atoms with van der Waals surface area (Å²) in [5, 5.41) is 0. The highest BCUT2D eigenvalue weighted by atomic mass is 31.2. The lowest BCUT2D eigenvalue weighted by Gasteiger charge is -2.26. The van der Waals surface area contributed by atoms with Gasteiger partial charge in [0.25, 0.3) is 0 Å². The minimum absolute atomic E-state index is 0.301. The molecule has 0 atom stereocenters. The van der Waals surface area contributed by atoms with E-state index in [2.05, 4.69) is 0 Å². The lowest BCUT2D eigenvalue weighted by atomic mass is 9.83. The maximum Gasteiger partial charge on any atom is 0.329 e. The molecule has 0 spiro atoms. The first kappa shape index (κ1) is 16.3. The second-order valence-electron chi connectivity index (χ2n) is 5.57. The van der Waals surface area contributed by atoms with Gasteiger partial charge in [-0.05, 0) is 36.5 Å². The summed E-state index contributed by atoms with van der Waals surface area (Å²) < 4.78 is 22.1. The fraction of sp³-hybridized carbons (Fsp3) is 0.600. The maximum atomic E-state index is 11.2. The second kappa shape index (κ2) is 6.82. The summed E-state index contributed by atoms with van der Waals surface area (Å²) in [6, 6.07) is 3.46. The van der Waals surface area contributed by atoms with E-state index in [0.29, 0.717) is 23.0 Å². The molecule has 1 aromatic rings. The first-order valence-corrected chi connectivity index (χ1v) is 9.03. The van der Waals surface area contributed by atoms with E-state index in [9.17, 15) is 4.57 Å². The van der Waals surface area contributed by atoms with Gasteiger partial charge in [0.15, 0.2) is 0 Å². The van der Waals surface area contributed by atoms with Crippen LogP contribution in [0, 0.1) is 0 Å². The third-order valence-electron chi connectivity index (χ3n) is 4.01. The molecule has 2 N–H and O–H groups in total. The molecular formula is C15H23O5P. The Labute approximate surface area is 125 Å². The van der Waals surface area contributed by atoms with Gasteiger partial charge in [-0.25, -0.2) is 0 Å². The van der Waals surface area contributed by atoms with Gasteiger partial charge >= 0.3 is 7.60 Å². The molecule has 1 aliphatic rings. The van der Waals surface area contributed by atoms with Gasteiger partial charge < -0.3 is 19.3 Å². The molecule has 1 fully saturated rings. The predicted octanol–water partition coefficient (Wildman–Crippen LogP) is 3.43. The molecular weight excluding hydrogens is 291 g/mol. The highest BCUT2D eigenvalue weighted by Gasteiger charge is 2.25. The second-order valence-corrected chi connectivity index (χ2v) is 7.22. The first-order chi connectivity index (χ1) is 9.94. The van der Waals surface area contributed by atoms with Gasteiger partial charge in [0.1, 0.15) is 11.5 Å². The summed E-state index contributed by atoms with van der Waals surface area (Å²) in [5.74, 6) is 1.74. The summed E-state index contributed by atoms with van der Waals surface area (Å²) in [6.07, 6.45) is 5.56. The molecule has 1 aliphatic carbocycles. The third kappa shape index (κ3) is 4.22. The van der Waals surface area contributed by atoms with Gasteiger partial charge in [0, 0.05) is 5.56 Å². The molecule has 0 amide bonds. The molecule has 6 heteroatoms. The molecule has 0 radical (unpaired) electrons. The zero-order chi connectivity index (χ0) is 15.5. The van der Waals surface area contributed by atoms with E-state index in [1.54, 1.807) is 26.4 Å². The van der Waals surface area contributed by atoms with Crippen LogP contribution in [-0.4, -0.2) is 24.0 Å². The van der Waals surface area contributed by atoms with Crippen molar-refractivity contribution < 1.29 is 23.8 Å². The summed E-state index contributed by atoms with van der Waals surface area (Å²) in [6.45, 7) is 0. The van der Waals surface area contributed by atoms with Gasteiger partial charge in [0.2, 0.25) is 0 Å². The van der Waals surface area contributed by atoms with Crippen molar-refractivity contribution in [1.82, 2.24) is 0 Å². The molecule has 0 aliphatic heterocycles. The van der Waals surface area contributed by atoms with Crippen molar-refractivity contribution in [3.05, 3.63) is 23.3 Å². The van der Waals surface area contributed by atoms with Crippen LogP contribution < -0.4 is 9.47 Å². The van der Waals surface area contributed by atoms with E-state index in [0.717, 1.165) is 18.4 Å². The van der Waals surface area contributed by atoms with Gasteiger partial charge in [-0.3, -0.25) is 4.57 Å². The minimum atomic E-state index is -4.11. The SMILES string of the molecule is COc1cc(CP(=O)(O)O)cc(OC)c1C1CCCCC1. The van der Waals surface area contributed by atoms with E-state index in [4.69, 9.17) is 19.3 Å². The molecule has 21 heavy (non-hydrogen) atoms. The van der Waals surface area contributed by atoms with Gasteiger partial charge in [0.05, 0.1) is 20.4 Å². The Morgan fingerprint density at radius 3 is 2.05 bits per heavy atom. The predicted molar refractivity (Wildman–Crippen MR) is 81.1 cm³/mol. The highest BCUT2D eigenvalue weighted by Crippen LogP contribution is 2.46. The Morgan fingerprint density at radius 2 is 1.62 bits per heavy atom. The standard InChI is InChI=1S/C15H23O5P/c1-19-13-8-11(10-21(16,17)18)9-14(20-2)15(13)12-6-4-3-5-7-12/h8-9,12H,3-7,10H2,1-2H3,(H2,16,17,18). The summed E-state index contributed by atoms with van der Waals surface area (Å²) in [4.78, 5) is 18.3. The van der Waals surface area contributed by atoms with E-state index in [1.807, 2.05) is 0 Å². The summed E-state index contributed by atoms with van der Waals surface area (Å²) in [7, 11) is -0.935. The van der Waals surface area contributed by atoms with Crippen molar-refractivity contribution in [2.45, 2.75) is 44.2 Å². The summed E-state index contributed by atoms with van der Waals surface area (Å²) >= 11 is 0. The zero-order valence-electron chi connectivity index (χ0n) is 12.5. The number of hydrogen-bond acceptors (Lipinski definition) is 3. The Morgan fingerprint density at radius 1 is 1.10 bits per heavy atom. The normalized spacial score (nSPS) is 16.8. The average Bonchev–Trinajstić information content (AvgIpc) is 2.45. The van der Waals surface area contributed by atoms with Crippen molar-refractivity contribution in [3.8, 4) is 11.5 Å². The van der Waals surface area contributed by atoms with Gasteiger partial charge in [-0.2, -0.15) is 0 Å².